The maximum Gasteiger partial charge on any atom is 0.0840 e. The van der Waals surface area contributed by atoms with Gasteiger partial charge in [0.05, 0.1) is 22.6 Å². The van der Waals surface area contributed by atoms with E-state index in [1.54, 1.807) is 6.07 Å². The summed E-state index contributed by atoms with van der Waals surface area (Å²) in [6, 6.07) is 13.6. The smallest absolute Gasteiger partial charge is 0.0840 e. The Morgan fingerprint density at radius 2 is 1.82 bits per heavy atom. The summed E-state index contributed by atoms with van der Waals surface area (Å²) in [5.74, 6) is 0. The third-order valence-corrected chi connectivity index (χ3v) is 4.55. The van der Waals surface area contributed by atoms with E-state index in [1.807, 2.05) is 35.1 Å². The minimum atomic E-state index is 0.580. The summed E-state index contributed by atoms with van der Waals surface area (Å²) in [6.45, 7) is 2.12. The van der Waals surface area contributed by atoms with Crippen molar-refractivity contribution in [1.82, 2.24) is 9.78 Å². The molecule has 0 saturated heterocycles. The molecule has 112 valence electrons. The van der Waals surface area contributed by atoms with Crippen LogP contribution in [0.25, 0.3) is 16.9 Å². The Morgan fingerprint density at radius 1 is 1.09 bits per heavy atom. The first-order chi connectivity index (χ1) is 10.6. The van der Waals surface area contributed by atoms with Crippen LogP contribution in [0.5, 0.6) is 0 Å². The molecule has 0 aliphatic heterocycles. The van der Waals surface area contributed by atoms with Gasteiger partial charge in [-0.3, -0.25) is 0 Å². The van der Waals surface area contributed by atoms with Gasteiger partial charge in [0.2, 0.25) is 0 Å². The maximum absolute atomic E-state index is 6.35. The van der Waals surface area contributed by atoms with E-state index in [0.717, 1.165) is 27.8 Å². The highest BCUT2D eigenvalue weighted by molar-refractivity contribution is 9.10. The molecule has 0 radical (unpaired) electrons. The van der Waals surface area contributed by atoms with Crippen LogP contribution in [0, 0.1) is 0 Å². The number of rotatable bonds is 3. The molecule has 0 spiro atoms. The zero-order valence-corrected chi connectivity index (χ0v) is 15.0. The number of hydrogen-bond acceptors (Lipinski definition) is 1. The van der Waals surface area contributed by atoms with Crippen molar-refractivity contribution < 1.29 is 0 Å². The van der Waals surface area contributed by atoms with E-state index in [1.165, 1.54) is 5.56 Å². The van der Waals surface area contributed by atoms with Crippen molar-refractivity contribution in [2.45, 2.75) is 13.3 Å². The van der Waals surface area contributed by atoms with Gasteiger partial charge in [0.25, 0.3) is 0 Å². The average Bonchev–Trinajstić information content (AvgIpc) is 2.92. The lowest BCUT2D eigenvalue weighted by Crippen LogP contribution is -2.01. The van der Waals surface area contributed by atoms with Crippen LogP contribution in [0.3, 0.4) is 0 Å². The summed E-state index contributed by atoms with van der Waals surface area (Å²) in [7, 11) is 0. The molecular weight excluding hydrogens is 383 g/mol. The first kappa shape index (κ1) is 15.6. The average molecular weight is 396 g/mol. The monoisotopic (exact) mass is 394 g/mol. The van der Waals surface area contributed by atoms with Gasteiger partial charge >= 0.3 is 0 Å². The predicted molar refractivity (Wildman–Crippen MR) is 96.1 cm³/mol. The van der Waals surface area contributed by atoms with Crippen molar-refractivity contribution in [3.05, 3.63) is 68.7 Å². The molecule has 0 atom stereocenters. The predicted octanol–water partition coefficient (Wildman–Crippen LogP) is 6.17. The van der Waals surface area contributed by atoms with Gasteiger partial charge < -0.3 is 0 Å². The molecule has 0 unspecified atom stereocenters. The van der Waals surface area contributed by atoms with Gasteiger partial charge in [-0.05, 0) is 42.3 Å². The zero-order valence-electron chi connectivity index (χ0n) is 11.9. The summed E-state index contributed by atoms with van der Waals surface area (Å²) in [4.78, 5) is 0. The molecule has 0 aliphatic rings. The number of benzene rings is 2. The highest BCUT2D eigenvalue weighted by atomic mass is 79.9. The lowest BCUT2D eigenvalue weighted by molar-refractivity contribution is 0.888. The van der Waals surface area contributed by atoms with Crippen LogP contribution in [0.4, 0.5) is 0 Å². The fourth-order valence-electron chi connectivity index (χ4n) is 2.39. The summed E-state index contributed by atoms with van der Waals surface area (Å²) < 4.78 is 2.92. The third kappa shape index (κ3) is 2.94. The molecule has 0 fully saturated rings. The molecular formula is C17H13BrCl2N2. The summed E-state index contributed by atoms with van der Waals surface area (Å²) in [5.41, 5.74) is 4.15. The minimum absolute atomic E-state index is 0.580. The van der Waals surface area contributed by atoms with Crippen LogP contribution in [0.15, 0.2) is 53.1 Å². The molecule has 5 heteroatoms. The molecule has 22 heavy (non-hydrogen) atoms. The summed E-state index contributed by atoms with van der Waals surface area (Å²) >= 11 is 15.8. The largest absolute Gasteiger partial charge is 0.231 e. The number of nitrogens with zero attached hydrogens (tertiary/aromatic N) is 2. The van der Waals surface area contributed by atoms with Crippen molar-refractivity contribution in [3.8, 4) is 16.9 Å². The molecule has 0 bridgehead atoms. The second kappa shape index (κ2) is 6.45. The standard InChI is InChI=1S/C17H13BrCl2N2/c1-2-11-10-21-22(16-8-7-14(19)9-15(16)20)17(11)12-3-5-13(18)6-4-12/h3-10H,2H2,1H3. The first-order valence-corrected chi connectivity index (χ1v) is 8.43. The summed E-state index contributed by atoms with van der Waals surface area (Å²) in [5, 5.41) is 5.72. The van der Waals surface area contributed by atoms with Gasteiger partial charge in [-0.2, -0.15) is 5.10 Å². The minimum Gasteiger partial charge on any atom is -0.231 e. The van der Waals surface area contributed by atoms with Crippen LogP contribution in [-0.2, 0) is 6.42 Å². The van der Waals surface area contributed by atoms with E-state index in [4.69, 9.17) is 23.2 Å². The molecule has 0 N–H and O–H groups in total. The fourth-order valence-corrected chi connectivity index (χ4v) is 3.15. The van der Waals surface area contributed by atoms with Crippen LogP contribution in [0.2, 0.25) is 10.0 Å². The molecule has 1 aromatic heterocycles. The van der Waals surface area contributed by atoms with E-state index in [-0.39, 0.29) is 0 Å². The van der Waals surface area contributed by atoms with Gasteiger partial charge in [0.1, 0.15) is 0 Å². The summed E-state index contributed by atoms with van der Waals surface area (Å²) in [6.07, 6.45) is 2.79. The Balaban J connectivity index is 2.21. The van der Waals surface area contributed by atoms with Gasteiger partial charge in [0.15, 0.2) is 0 Å². The van der Waals surface area contributed by atoms with Gasteiger partial charge in [-0.25, -0.2) is 4.68 Å². The van der Waals surface area contributed by atoms with Crippen LogP contribution in [-0.4, -0.2) is 9.78 Å². The topological polar surface area (TPSA) is 17.8 Å². The van der Waals surface area contributed by atoms with Gasteiger partial charge in [-0.1, -0.05) is 58.2 Å². The van der Waals surface area contributed by atoms with E-state index in [9.17, 15) is 0 Å². The Kier molecular flexibility index (Phi) is 4.57. The van der Waals surface area contributed by atoms with E-state index in [2.05, 4.69) is 40.1 Å². The third-order valence-electron chi connectivity index (χ3n) is 3.48. The van der Waals surface area contributed by atoms with Crippen molar-refractivity contribution in [1.29, 1.82) is 0 Å². The number of hydrogen-bond donors (Lipinski definition) is 0. The first-order valence-electron chi connectivity index (χ1n) is 6.88. The molecule has 0 amide bonds. The van der Waals surface area contributed by atoms with E-state index in [0.29, 0.717) is 10.0 Å². The van der Waals surface area contributed by atoms with Crippen molar-refractivity contribution in [2.24, 2.45) is 0 Å². The Morgan fingerprint density at radius 3 is 2.45 bits per heavy atom. The normalized spacial score (nSPS) is 10.9. The number of aromatic nitrogens is 2. The Bertz CT molecular complexity index is 810. The fraction of sp³-hybridized carbons (Fsp3) is 0.118. The van der Waals surface area contributed by atoms with Crippen molar-refractivity contribution in [3.63, 3.8) is 0 Å². The van der Waals surface area contributed by atoms with Crippen LogP contribution in [0.1, 0.15) is 12.5 Å². The molecule has 3 rings (SSSR count). The van der Waals surface area contributed by atoms with Crippen molar-refractivity contribution >= 4 is 39.1 Å². The van der Waals surface area contributed by atoms with E-state index < -0.39 is 0 Å². The maximum atomic E-state index is 6.35. The Labute approximate surface area is 147 Å². The van der Waals surface area contributed by atoms with Gasteiger partial charge in [-0.15, -0.1) is 0 Å². The molecule has 0 aliphatic carbocycles. The lowest BCUT2D eigenvalue weighted by Gasteiger charge is -2.11. The number of aryl methyl sites for hydroxylation is 1. The van der Waals surface area contributed by atoms with Crippen LogP contribution >= 0.6 is 39.1 Å². The molecule has 1 heterocycles. The second-order valence-electron chi connectivity index (χ2n) is 4.89. The SMILES string of the molecule is CCc1cnn(-c2ccc(Cl)cc2Cl)c1-c1ccc(Br)cc1. The molecule has 2 aromatic carbocycles. The van der Waals surface area contributed by atoms with Crippen LogP contribution < -0.4 is 0 Å². The second-order valence-corrected chi connectivity index (χ2v) is 6.65. The Hall–Kier alpha value is -1.29. The van der Waals surface area contributed by atoms with Gasteiger partial charge in [0, 0.05) is 15.1 Å². The lowest BCUT2D eigenvalue weighted by atomic mass is 10.1. The molecule has 3 aromatic rings. The number of halogens is 3. The quantitative estimate of drug-likeness (QED) is 0.518. The van der Waals surface area contributed by atoms with Crippen molar-refractivity contribution in [2.75, 3.05) is 0 Å². The molecule has 2 nitrogen and oxygen atoms in total. The zero-order chi connectivity index (χ0) is 15.7. The highest BCUT2D eigenvalue weighted by Gasteiger charge is 2.15. The molecule has 0 saturated carbocycles. The van der Waals surface area contributed by atoms with E-state index >= 15 is 0 Å². The highest BCUT2D eigenvalue weighted by Crippen LogP contribution is 2.31.